The SMILES string of the molecule is Cl.O=C(N[C@@H]1CN2CCC1CC2)c1cccc2oc(C3CCCC3)nc12. The van der Waals surface area contributed by atoms with Gasteiger partial charge in [0.2, 0.25) is 0 Å². The number of aromatic nitrogens is 1. The number of carbonyl (C=O) groups is 1. The molecule has 1 aromatic heterocycles. The van der Waals surface area contributed by atoms with E-state index in [-0.39, 0.29) is 24.4 Å². The fraction of sp³-hybridized carbons (Fsp3) is 0.600. The summed E-state index contributed by atoms with van der Waals surface area (Å²) in [6.45, 7) is 3.35. The first-order chi connectivity index (χ1) is 12.3. The molecule has 2 bridgehead atoms. The number of hydrogen-bond donors (Lipinski definition) is 1. The van der Waals surface area contributed by atoms with Crippen molar-refractivity contribution in [1.82, 2.24) is 15.2 Å². The zero-order valence-corrected chi connectivity index (χ0v) is 15.8. The van der Waals surface area contributed by atoms with Crippen molar-refractivity contribution in [3.05, 3.63) is 29.7 Å². The maximum atomic E-state index is 12.9. The Kier molecular flexibility index (Phi) is 4.93. The van der Waals surface area contributed by atoms with E-state index in [0.29, 0.717) is 17.4 Å². The summed E-state index contributed by atoms with van der Waals surface area (Å²) < 4.78 is 5.98. The van der Waals surface area contributed by atoms with Crippen molar-refractivity contribution in [1.29, 1.82) is 0 Å². The minimum absolute atomic E-state index is 0. The highest BCUT2D eigenvalue weighted by atomic mass is 35.5. The van der Waals surface area contributed by atoms with Gasteiger partial charge in [-0.15, -0.1) is 12.4 Å². The molecular formula is C20H26ClN3O2. The van der Waals surface area contributed by atoms with Gasteiger partial charge in [0.25, 0.3) is 5.91 Å². The summed E-state index contributed by atoms with van der Waals surface area (Å²) in [6.07, 6.45) is 7.18. The lowest BCUT2D eigenvalue weighted by molar-refractivity contribution is 0.0621. The molecule has 3 aliphatic heterocycles. The first-order valence-electron chi connectivity index (χ1n) is 9.70. The summed E-state index contributed by atoms with van der Waals surface area (Å²) in [7, 11) is 0. The van der Waals surface area contributed by atoms with Gasteiger partial charge >= 0.3 is 0 Å². The number of para-hydroxylation sites is 1. The normalized spacial score (nSPS) is 28.2. The van der Waals surface area contributed by atoms with Crippen molar-refractivity contribution < 1.29 is 9.21 Å². The maximum Gasteiger partial charge on any atom is 0.253 e. The number of amides is 1. The molecule has 0 spiro atoms. The highest BCUT2D eigenvalue weighted by Gasteiger charge is 2.35. The second-order valence-corrected chi connectivity index (χ2v) is 7.90. The number of nitrogens with zero attached hydrogens (tertiary/aromatic N) is 2. The third-order valence-electron chi connectivity index (χ3n) is 6.36. The van der Waals surface area contributed by atoms with Crippen LogP contribution in [0.25, 0.3) is 11.1 Å². The summed E-state index contributed by atoms with van der Waals surface area (Å²) in [4.78, 5) is 20.1. The molecule has 0 radical (unpaired) electrons. The van der Waals surface area contributed by atoms with Crippen LogP contribution < -0.4 is 5.32 Å². The Bertz CT molecular complexity index is 791. The lowest BCUT2D eigenvalue weighted by Crippen LogP contribution is -2.57. The molecule has 3 saturated heterocycles. The molecule has 4 heterocycles. The molecule has 0 unspecified atom stereocenters. The molecule has 6 heteroatoms. The molecule has 1 aliphatic carbocycles. The van der Waals surface area contributed by atoms with E-state index in [1.807, 2.05) is 18.2 Å². The number of hydrogen-bond acceptors (Lipinski definition) is 4. The summed E-state index contributed by atoms with van der Waals surface area (Å²) in [5.41, 5.74) is 2.12. The first kappa shape index (κ1) is 17.8. The van der Waals surface area contributed by atoms with Crippen molar-refractivity contribution in [2.45, 2.75) is 50.5 Å². The van der Waals surface area contributed by atoms with Crippen LogP contribution >= 0.6 is 12.4 Å². The van der Waals surface area contributed by atoms with Crippen molar-refractivity contribution in [2.24, 2.45) is 5.92 Å². The van der Waals surface area contributed by atoms with Crippen molar-refractivity contribution in [3.63, 3.8) is 0 Å². The number of halogens is 1. The Morgan fingerprint density at radius 1 is 1.15 bits per heavy atom. The highest BCUT2D eigenvalue weighted by Crippen LogP contribution is 2.35. The van der Waals surface area contributed by atoms with Gasteiger partial charge in [0.15, 0.2) is 11.5 Å². The van der Waals surface area contributed by atoms with Crippen molar-refractivity contribution in [2.75, 3.05) is 19.6 Å². The zero-order valence-electron chi connectivity index (χ0n) is 14.9. The first-order valence-corrected chi connectivity index (χ1v) is 9.70. The molecule has 6 rings (SSSR count). The van der Waals surface area contributed by atoms with Gasteiger partial charge in [-0.3, -0.25) is 4.79 Å². The van der Waals surface area contributed by atoms with Crippen molar-refractivity contribution in [3.8, 4) is 0 Å². The predicted octanol–water partition coefficient (Wildman–Crippen LogP) is 3.73. The van der Waals surface area contributed by atoms with E-state index < -0.39 is 0 Å². The third kappa shape index (κ3) is 3.12. The van der Waals surface area contributed by atoms with Crippen LogP contribution in [-0.4, -0.2) is 41.5 Å². The van der Waals surface area contributed by atoms with Gasteiger partial charge < -0.3 is 14.6 Å². The van der Waals surface area contributed by atoms with E-state index in [4.69, 9.17) is 9.40 Å². The molecule has 1 saturated carbocycles. The smallest absolute Gasteiger partial charge is 0.253 e. The standard InChI is InChI=1S/C20H25N3O2.ClH/c24-19(21-16-12-23-10-8-13(16)9-11-23)15-6-3-7-17-18(15)22-20(25-17)14-4-1-2-5-14;/h3,6-7,13-14,16H,1-2,4-5,8-12H2,(H,21,24);1H/t16-;/m1./s1. The summed E-state index contributed by atoms with van der Waals surface area (Å²) in [6, 6.07) is 5.97. The van der Waals surface area contributed by atoms with Crippen molar-refractivity contribution >= 4 is 29.4 Å². The Labute approximate surface area is 159 Å². The van der Waals surface area contributed by atoms with E-state index in [9.17, 15) is 4.79 Å². The van der Waals surface area contributed by atoms with Gasteiger partial charge in [-0.05, 0) is 56.8 Å². The molecule has 2 aromatic rings. The largest absolute Gasteiger partial charge is 0.440 e. The van der Waals surface area contributed by atoms with E-state index in [1.165, 1.54) is 38.8 Å². The fourth-order valence-corrected chi connectivity index (χ4v) is 4.87. The van der Waals surface area contributed by atoms with Crippen LogP contribution in [0, 0.1) is 5.92 Å². The van der Waals surface area contributed by atoms with Gasteiger partial charge in [-0.25, -0.2) is 4.98 Å². The monoisotopic (exact) mass is 375 g/mol. The maximum absolute atomic E-state index is 12.9. The Hall–Kier alpha value is -1.59. The van der Waals surface area contributed by atoms with Gasteiger partial charge in [-0.1, -0.05) is 18.9 Å². The Morgan fingerprint density at radius 2 is 1.92 bits per heavy atom. The Morgan fingerprint density at radius 3 is 2.62 bits per heavy atom. The minimum Gasteiger partial charge on any atom is -0.440 e. The number of piperidine rings is 3. The number of carbonyl (C=O) groups excluding carboxylic acids is 1. The summed E-state index contributed by atoms with van der Waals surface area (Å²) in [5, 5.41) is 3.28. The van der Waals surface area contributed by atoms with Gasteiger partial charge in [0.1, 0.15) is 5.52 Å². The van der Waals surface area contributed by atoms with Crippen LogP contribution in [0.15, 0.2) is 22.6 Å². The molecule has 1 aromatic carbocycles. The van der Waals surface area contributed by atoms with Gasteiger partial charge in [-0.2, -0.15) is 0 Å². The second-order valence-electron chi connectivity index (χ2n) is 7.90. The number of rotatable bonds is 3. The molecule has 140 valence electrons. The van der Waals surface area contributed by atoms with Crippen LogP contribution in [0.4, 0.5) is 0 Å². The molecule has 1 N–H and O–H groups in total. The molecule has 5 nitrogen and oxygen atoms in total. The van der Waals surface area contributed by atoms with Gasteiger partial charge in [0.05, 0.1) is 5.56 Å². The fourth-order valence-electron chi connectivity index (χ4n) is 4.87. The van der Waals surface area contributed by atoms with E-state index in [1.54, 1.807) is 0 Å². The minimum atomic E-state index is -0.00405. The molecule has 1 amide bonds. The summed E-state index contributed by atoms with van der Waals surface area (Å²) >= 11 is 0. The molecule has 1 atom stereocenters. The summed E-state index contributed by atoms with van der Waals surface area (Å²) in [5.74, 6) is 1.86. The third-order valence-corrected chi connectivity index (χ3v) is 6.36. The van der Waals surface area contributed by atoms with E-state index >= 15 is 0 Å². The lowest BCUT2D eigenvalue weighted by atomic mass is 9.84. The number of nitrogens with one attached hydrogen (secondary N) is 1. The van der Waals surface area contributed by atoms with Crippen LogP contribution in [0.3, 0.4) is 0 Å². The number of oxazole rings is 1. The van der Waals surface area contributed by atoms with Crippen LogP contribution in [0.5, 0.6) is 0 Å². The van der Waals surface area contributed by atoms with Crippen LogP contribution in [-0.2, 0) is 0 Å². The predicted molar refractivity (Wildman–Crippen MR) is 103 cm³/mol. The molecule has 4 aliphatic rings. The van der Waals surface area contributed by atoms with E-state index in [2.05, 4.69) is 10.2 Å². The average molecular weight is 376 g/mol. The van der Waals surface area contributed by atoms with E-state index in [0.717, 1.165) is 36.4 Å². The topological polar surface area (TPSA) is 58.4 Å². The van der Waals surface area contributed by atoms with Crippen LogP contribution in [0.2, 0.25) is 0 Å². The van der Waals surface area contributed by atoms with Gasteiger partial charge in [0, 0.05) is 18.5 Å². The molecule has 4 fully saturated rings. The second kappa shape index (κ2) is 7.20. The number of fused-ring (bicyclic) bond motifs is 4. The van der Waals surface area contributed by atoms with Crippen LogP contribution in [0.1, 0.15) is 60.7 Å². The highest BCUT2D eigenvalue weighted by molar-refractivity contribution is 6.04. The number of benzene rings is 1. The lowest BCUT2D eigenvalue weighted by Gasteiger charge is -2.44. The average Bonchev–Trinajstić information content (AvgIpc) is 3.31. The Balaban J connectivity index is 0.00000168. The molecular weight excluding hydrogens is 350 g/mol. The molecule has 26 heavy (non-hydrogen) atoms. The zero-order chi connectivity index (χ0) is 16.8. The quantitative estimate of drug-likeness (QED) is 0.888.